The molecule has 1 amide bonds. The molecule has 0 fully saturated rings. The normalized spacial score (nSPS) is 12.3. The molecule has 1 unspecified atom stereocenters. The first kappa shape index (κ1) is 15.9. The van der Waals surface area contributed by atoms with Gasteiger partial charge in [0.05, 0.1) is 0 Å². The molecule has 6 heteroatoms. The van der Waals surface area contributed by atoms with Gasteiger partial charge in [-0.2, -0.15) is 0 Å². The van der Waals surface area contributed by atoms with Crippen LogP contribution in [-0.4, -0.2) is 29.9 Å². The SMILES string of the molecule is CN(C)C(=O)C(Sc1nc2cc(Cl)ccc2o1)c1ccccc1. The summed E-state index contributed by atoms with van der Waals surface area (Å²) in [5, 5.41) is 0.646. The van der Waals surface area contributed by atoms with Crippen molar-refractivity contribution < 1.29 is 9.21 Å². The van der Waals surface area contributed by atoms with E-state index in [1.165, 1.54) is 11.8 Å². The second-order valence-corrected chi connectivity index (χ2v) is 6.73. The predicted octanol–water partition coefficient (Wildman–Crippen LogP) is 4.40. The van der Waals surface area contributed by atoms with Gasteiger partial charge < -0.3 is 9.32 Å². The van der Waals surface area contributed by atoms with Crippen molar-refractivity contribution in [1.29, 1.82) is 0 Å². The number of carbonyl (C=O) groups is 1. The molecule has 0 radical (unpaired) electrons. The third-order valence-electron chi connectivity index (χ3n) is 3.32. The molecule has 0 spiro atoms. The number of carbonyl (C=O) groups excluding carboxylic acids is 1. The fourth-order valence-corrected chi connectivity index (χ4v) is 3.42. The fraction of sp³-hybridized carbons (Fsp3) is 0.176. The lowest BCUT2D eigenvalue weighted by molar-refractivity contribution is -0.128. The van der Waals surface area contributed by atoms with Crippen LogP contribution in [0.1, 0.15) is 10.8 Å². The molecule has 0 N–H and O–H groups in total. The number of hydrogen-bond acceptors (Lipinski definition) is 4. The van der Waals surface area contributed by atoms with Gasteiger partial charge in [0.2, 0.25) is 5.91 Å². The Labute approximate surface area is 143 Å². The first-order chi connectivity index (χ1) is 11.0. The van der Waals surface area contributed by atoms with E-state index in [4.69, 9.17) is 16.0 Å². The third-order valence-corrected chi connectivity index (χ3v) is 4.64. The van der Waals surface area contributed by atoms with E-state index in [9.17, 15) is 4.79 Å². The summed E-state index contributed by atoms with van der Waals surface area (Å²) in [5.41, 5.74) is 2.25. The zero-order valence-electron chi connectivity index (χ0n) is 12.7. The van der Waals surface area contributed by atoms with Gasteiger partial charge in [0, 0.05) is 19.1 Å². The monoisotopic (exact) mass is 346 g/mol. The van der Waals surface area contributed by atoms with Gasteiger partial charge in [-0.05, 0) is 35.5 Å². The highest BCUT2D eigenvalue weighted by Crippen LogP contribution is 2.37. The van der Waals surface area contributed by atoms with E-state index in [1.807, 2.05) is 30.3 Å². The molecule has 0 bridgehead atoms. The maximum absolute atomic E-state index is 12.5. The number of thioether (sulfide) groups is 1. The maximum atomic E-state index is 12.5. The Bertz CT molecular complexity index is 833. The molecule has 118 valence electrons. The summed E-state index contributed by atoms with van der Waals surface area (Å²) >= 11 is 7.27. The highest BCUT2D eigenvalue weighted by atomic mass is 35.5. The van der Waals surface area contributed by atoms with Gasteiger partial charge in [0.25, 0.3) is 5.22 Å². The number of nitrogens with zero attached hydrogens (tertiary/aromatic N) is 2. The van der Waals surface area contributed by atoms with Crippen molar-refractivity contribution in [2.75, 3.05) is 14.1 Å². The van der Waals surface area contributed by atoms with E-state index in [-0.39, 0.29) is 5.91 Å². The minimum atomic E-state index is -0.408. The number of rotatable bonds is 4. The minimum Gasteiger partial charge on any atom is -0.431 e. The molecule has 4 nitrogen and oxygen atoms in total. The molecular formula is C17H15ClN2O2S. The molecule has 1 aromatic heterocycles. The lowest BCUT2D eigenvalue weighted by atomic mass is 10.1. The van der Waals surface area contributed by atoms with E-state index in [0.717, 1.165) is 5.56 Å². The molecule has 1 atom stereocenters. The Morgan fingerprint density at radius 1 is 1.22 bits per heavy atom. The van der Waals surface area contributed by atoms with Crippen LogP contribution in [0.15, 0.2) is 58.2 Å². The summed E-state index contributed by atoms with van der Waals surface area (Å²) in [6.07, 6.45) is 0. The zero-order chi connectivity index (χ0) is 16.4. The van der Waals surface area contributed by atoms with E-state index in [1.54, 1.807) is 37.2 Å². The Kier molecular flexibility index (Phi) is 4.59. The van der Waals surface area contributed by atoms with Crippen LogP contribution in [0, 0.1) is 0 Å². The van der Waals surface area contributed by atoms with Crippen LogP contribution >= 0.6 is 23.4 Å². The Hall–Kier alpha value is -1.98. The van der Waals surface area contributed by atoms with Gasteiger partial charge in [0.15, 0.2) is 5.58 Å². The lowest BCUT2D eigenvalue weighted by Gasteiger charge is -2.19. The molecule has 0 saturated carbocycles. The largest absolute Gasteiger partial charge is 0.431 e. The summed E-state index contributed by atoms with van der Waals surface area (Å²) in [7, 11) is 3.48. The van der Waals surface area contributed by atoms with Gasteiger partial charge in [0.1, 0.15) is 10.8 Å². The van der Waals surface area contributed by atoms with Crippen molar-refractivity contribution in [3.63, 3.8) is 0 Å². The topological polar surface area (TPSA) is 46.3 Å². The Balaban J connectivity index is 1.95. The van der Waals surface area contributed by atoms with Gasteiger partial charge in [-0.1, -0.05) is 41.9 Å². The molecule has 3 aromatic rings. The molecule has 23 heavy (non-hydrogen) atoms. The molecule has 0 aliphatic heterocycles. The van der Waals surface area contributed by atoms with Crippen LogP contribution < -0.4 is 0 Å². The summed E-state index contributed by atoms with van der Waals surface area (Å²) < 4.78 is 5.73. The first-order valence-corrected chi connectivity index (χ1v) is 8.29. The number of halogens is 1. The third kappa shape index (κ3) is 3.51. The van der Waals surface area contributed by atoms with Crippen molar-refractivity contribution in [3.8, 4) is 0 Å². The predicted molar refractivity (Wildman–Crippen MR) is 92.8 cm³/mol. The second kappa shape index (κ2) is 6.64. The van der Waals surface area contributed by atoms with E-state index in [0.29, 0.717) is 21.3 Å². The highest BCUT2D eigenvalue weighted by molar-refractivity contribution is 8.00. The highest BCUT2D eigenvalue weighted by Gasteiger charge is 2.25. The maximum Gasteiger partial charge on any atom is 0.257 e. The van der Waals surface area contributed by atoms with Gasteiger partial charge >= 0.3 is 0 Å². The van der Waals surface area contributed by atoms with Crippen LogP contribution in [0.5, 0.6) is 0 Å². The molecule has 1 heterocycles. The zero-order valence-corrected chi connectivity index (χ0v) is 14.3. The number of fused-ring (bicyclic) bond motifs is 1. The fourth-order valence-electron chi connectivity index (χ4n) is 2.15. The number of hydrogen-bond donors (Lipinski definition) is 0. The average Bonchev–Trinajstić information content (AvgIpc) is 2.94. The number of amides is 1. The summed E-state index contributed by atoms with van der Waals surface area (Å²) in [4.78, 5) is 18.5. The number of benzene rings is 2. The van der Waals surface area contributed by atoms with Crippen molar-refractivity contribution >= 4 is 40.4 Å². The second-order valence-electron chi connectivity index (χ2n) is 5.23. The quantitative estimate of drug-likeness (QED) is 0.657. The van der Waals surface area contributed by atoms with Crippen LogP contribution in [0.3, 0.4) is 0 Å². The van der Waals surface area contributed by atoms with Crippen LogP contribution in [0.2, 0.25) is 5.02 Å². The van der Waals surface area contributed by atoms with Crippen LogP contribution in [0.25, 0.3) is 11.1 Å². The summed E-state index contributed by atoms with van der Waals surface area (Å²) in [6.45, 7) is 0. The number of likely N-dealkylation sites (N-methyl/N-ethyl adjacent to an activating group) is 1. The van der Waals surface area contributed by atoms with Crippen LogP contribution in [-0.2, 0) is 4.79 Å². The van der Waals surface area contributed by atoms with Crippen LogP contribution in [0.4, 0.5) is 0 Å². The van der Waals surface area contributed by atoms with Gasteiger partial charge in [-0.25, -0.2) is 4.98 Å². The summed E-state index contributed by atoms with van der Waals surface area (Å²) in [6, 6.07) is 14.9. The van der Waals surface area contributed by atoms with E-state index in [2.05, 4.69) is 4.98 Å². The smallest absolute Gasteiger partial charge is 0.257 e. The Morgan fingerprint density at radius 2 is 1.96 bits per heavy atom. The Morgan fingerprint density at radius 3 is 2.65 bits per heavy atom. The molecule has 0 aliphatic carbocycles. The molecule has 0 saturated heterocycles. The minimum absolute atomic E-state index is 0.0125. The van der Waals surface area contributed by atoms with E-state index < -0.39 is 5.25 Å². The van der Waals surface area contributed by atoms with Gasteiger partial charge in [-0.3, -0.25) is 4.79 Å². The summed E-state index contributed by atoms with van der Waals surface area (Å²) in [5.74, 6) is -0.0125. The van der Waals surface area contributed by atoms with Crippen molar-refractivity contribution in [2.24, 2.45) is 0 Å². The lowest BCUT2D eigenvalue weighted by Crippen LogP contribution is -2.26. The molecule has 0 aliphatic rings. The molecular weight excluding hydrogens is 332 g/mol. The van der Waals surface area contributed by atoms with Crippen molar-refractivity contribution in [3.05, 3.63) is 59.1 Å². The molecule has 2 aromatic carbocycles. The average molecular weight is 347 g/mol. The van der Waals surface area contributed by atoms with Crippen molar-refractivity contribution in [2.45, 2.75) is 10.5 Å². The van der Waals surface area contributed by atoms with Crippen molar-refractivity contribution in [1.82, 2.24) is 9.88 Å². The van der Waals surface area contributed by atoms with E-state index >= 15 is 0 Å². The number of oxazole rings is 1. The first-order valence-electron chi connectivity index (χ1n) is 7.03. The standard InChI is InChI=1S/C17H15ClN2O2S/c1-20(2)16(21)15(11-6-4-3-5-7-11)23-17-19-13-10-12(18)8-9-14(13)22-17/h3-10,15H,1-2H3. The number of aromatic nitrogens is 1. The van der Waals surface area contributed by atoms with Gasteiger partial charge in [-0.15, -0.1) is 0 Å². The molecule has 3 rings (SSSR count).